The quantitative estimate of drug-likeness (QED) is 0.835. The molecule has 0 N–H and O–H groups in total. The number of furan rings is 1. The highest BCUT2D eigenvalue weighted by molar-refractivity contribution is 5.14. The van der Waals surface area contributed by atoms with Crippen LogP contribution in [0.25, 0.3) is 0 Å². The second-order valence-electron chi connectivity index (χ2n) is 5.85. The lowest BCUT2D eigenvalue weighted by Crippen LogP contribution is -2.38. The predicted octanol–water partition coefficient (Wildman–Crippen LogP) is 2.85. The van der Waals surface area contributed by atoms with Crippen LogP contribution >= 0.6 is 0 Å². The molecule has 2 aliphatic heterocycles. The molecule has 7 heteroatoms. The number of hydrogen-bond donors (Lipinski definition) is 0. The van der Waals surface area contributed by atoms with Crippen LogP contribution in [-0.2, 0) is 25.6 Å². The highest BCUT2D eigenvalue weighted by atomic mass is 19.1. The molecule has 0 aromatic carbocycles. The van der Waals surface area contributed by atoms with E-state index in [4.69, 9.17) is 23.4 Å². The van der Waals surface area contributed by atoms with Gasteiger partial charge in [0, 0.05) is 6.07 Å². The number of aryl methyl sites for hydroxylation is 1. The third-order valence-electron chi connectivity index (χ3n) is 4.06. The topological polar surface area (TPSA) is 50.1 Å². The molecule has 0 aliphatic carbocycles. The second kappa shape index (κ2) is 5.88. The number of rotatable bonds is 5. The van der Waals surface area contributed by atoms with Crippen LogP contribution in [-0.4, -0.2) is 37.1 Å². The Labute approximate surface area is 127 Å². The maximum absolute atomic E-state index is 13.1. The number of fused-ring (bicyclic) bond motifs is 1. The van der Waals surface area contributed by atoms with E-state index in [0.29, 0.717) is 17.7 Å². The maximum atomic E-state index is 13.1. The van der Waals surface area contributed by atoms with E-state index in [1.807, 2.05) is 6.92 Å². The summed E-state index contributed by atoms with van der Waals surface area (Å²) in [5, 5.41) is 0. The van der Waals surface area contributed by atoms with Crippen LogP contribution in [0.4, 0.5) is 8.78 Å². The third kappa shape index (κ3) is 2.78. The molecule has 2 fully saturated rings. The molecule has 0 spiro atoms. The molecule has 124 valence electrons. The van der Waals surface area contributed by atoms with Crippen LogP contribution in [0.1, 0.15) is 31.6 Å². The van der Waals surface area contributed by atoms with Gasteiger partial charge in [0.05, 0.1) is 6.10 Å². The minimum Gasteiger partial charge on any atom is -0.433 e. The van der Waals surface area contributed by atoms with Crippen LogP contribution in [0.2, 0.25) is 0 Å². The molecule has 2 saturated heterocycles. The summed E-state index contributed by atoms with van der Waals surface area (Å²) in [7, 11) is 0. The Morgan fingerprint density at radius 1 is 1.36 bits per heavy atom. The third-order valence-corrected chi connectivity index (χ3v) is 4.06. The molecule has 1 aromatic rings. The van der Waals surface area contributed by atoms with E-state index in [-0.39, 0.29) is 12.7 Å². The van der Waals surface area contributed by atoms with Crippen molar-refractivity contribution in [2.24, 2.45) is 0 Å². The number of hydrogen-bond acceptors (Lipinski definition) is 5. The van der Waals surface area contributed by atoms with Crippen molar-refractivity contribution >= 4 is 0 Å². The Hall–Kier alpha value is -1.02. The Morgan fingerprint density at radius 3 is 2.73 bits per heavy atom. The molecule has 1 unspecified atom stereocenters. The van der Waals surface area contributed by atoms with E-state index in [1.54, 1.807) is 6.92 Å². The van der Waals surface area contributed by atoms with Crippen molar-refractivity contribution in [2.45, 2.75) is 64.2 Å². The van der Waals surface area contributed by atoms with Crippen LogP contribution < -0.4 is 0 Å². The summed E-state index contributed by atoms with van der Waals surface area (Å²) in [5.41, 5.74) is 0.679. The van der Waals surface area contributed by atoms with Crippen LogP contribution in [0.5, 0.6) is 0 Å². The summed E-state index contributed by atoms with van der Waals surface area (Å²) >= 11 is 0. The van der Waals surface area contributed by atoms with Crippen molar-refractivity contribution in [3.05, 3.63) is 23.4 Å². The molecule has 3 heterocycles. The maximum Gasteiger partial charge on any atom is 0.278 e. The number of ether oxygens (including phenoxy) is 4. The SMILES string of the molecule is CC[C@H]1O[C@@H]2OC(C)(CF)O[C@@H]2[C@H]1OCc1oc(F)cc1C. The average molecular weight is 318 g/mol. The van der Waals surface area contributed by atoms with Crippen molar-refractivity contribution in [1.29, 1.82) is 0 Å². The van der Waals surface area contributed by atoms with Gasteiger partial charge >= 0.3 is 0 Å². The van der Waals surface area contributed by atoms with Crippen LogP contribution in [0.15, 0.2) is 10.5 Å². The van der Waals surface area contributed by atoms with Gasteiger partial charge < -0.3 is 23.4 Å². The predicted molar refractivity (Wildman–Crippen MR) is 71.3 cm³/mol. The molecule has 5 nitrogen and oxygen atoms in total. The molecule has 0 radical (unpaired) electrons. The molecule has 0 amide bonds. The van der Waals surface area contributed by atoms with Crippen molar-refractivity contribution in [3.8, 4) is 0 Å². The Morgan fingerprint density at radius 2 is 2.14 bits per heavy atom. The van der Waals surface area contributed by atoms with E-state index in [9.17, 15) is 8.78 Å². The van der Waals surface area contributed by atoms with Crippen molar-refractivity contribution in [1.82, 2.24) is 0 Å². The zero-order valence-corrected chi connectivity index (χ0v) is 12.8. The summed E-state index contributed by atoms with van der Waals surface area (Å²) in [5.74, 6) is -0.884. The van der Waals surface area contributed by atoms with Crippen molar-refractivity contribution in [3.63, 3.8) is 0 Å². The fourth-order valence-corrected chi connectivity index (χ4v) is 2.86. The molecule has 3 rings (SSSR count). The highest BCUT2D eigenvalue weighted by Crippen LogP contribution is 2.40. The molecule has 0 saturated carbocycles. The van der Waals surface area contributed by atoms with Crippen molar-refractivity contribution in [2.75, 3.05) is 6.67 Å². The smallest absolute Gasteiger partial charge is 0.278 e. The minimum absolute atomic E-state index is 0.0964. The van der Waals surface area contributed by atoms with Gasteiger partial charge in [-0.15, -0.1) is 0 Å². The zero-order valence-electron chi connectivity index (χ0n) is 12.8. The van der Waals surface area contributed by atoms with Gasteiger partial charge in [-0.25, -0.2) is 4.39 Å². The standard InChI is InChI=1S/C15H20F2O5/c1-4-9-12(18-6-10-8(2)5-11(17)19-10)13-14(20-9)22-15(3,7-16)21-13/h5,9,12-14H,4,6-7H2,1-3H3/t9-,12+,13-,14-,15?/m1/s1. The molecular formula is C15H20F2O5. The van der Waals surface area contributed by atoms with Gasteiger partial charge in [-0.2, -0.15) is 4.39 Å². The molecule has 22 heavy (non-hydrogen) atoms. The second-order valence-corrected chi connectivity index (χ2v) is 5.85. The Balaban J connectivity index is 1.69. The fourth-order valence-electron chi connectivity index (χ4n) is 2.86. The number of alkyl halides is 1. The Bertz CT molecular complexity index is 534. The van der Waals surface area contributed by atoms with Gasteiger partial charge in [-0.05, 0) is 25.8 Å². The lowest BCUT2D eigenvalue weighted by molar-refractivity contribution is -0.234. The normalized spacial score (nSPS) is 37.7. The average Bonchev–Trinajstić information content (AvgIpc) is 3.07. The summed E-state index contributed by atoms with van der Waals surface area (Å²) in [4.78, 5) is 0. The molecule has 0 bridgehead atoms. The van der Waals surface area contributed by atoms with E-state index >= 15 is 0 Å². The first kappa shape index (κ1) is 15.9. The molecule has 5 atom stereocenters. The minimum atomic E-state index is -1.30. The number of halogens is 2. The van der Waals surface area contributed by atoms with Gasteiger partial charge in [0.15, 0.2) is 12.1 Å². The van der Waals surface area contributed by atoms with Crippen molar-refractivity contribution < 1.29 is 32.1 Å². The lowest BCUT2D eigenvalue weighted by Gasteiger charge is -2.25. The van der Waals surface area contributed by atoms with Crippen LogP contribution in [0.3, 0.4) is 0 Å². The van der Waals surface area contributed by atoms with E-state index in [2.05, 4.69) is 0 Å². The Kier molecular flexibility index (Phi) is 4.24. The summed E-state index contributed by atoms with van der Waals surface area (Å²) < 4.78 is 53.7. The zero-order chi connectivity index (χ0) is 15.9. The first-order chi connectivity index (χ1) is 10.5. The first-order valence-corrected chi connectivity index (χ1v) is 7.39. The van der Waals surface area contributed by atoms with Gasteiger partial charge in [-0.1, -0.05) is 6.92 Å². The van der Waals surface area contributed by atoms with E-state index in [0.717, 1.165) is 0 Å². The van der Waals surface area contributed by atoms with Gasteiger partial charge in [0.2, 0.25) is 0 Å². The highest BCUT2D eigenvalue weighted by Gasteiger charge is 2.56. The van der Waals surface area contributed by atoms with Gasteiger partial charge in [-0.3, -0.25) is 0 Å². The lowest BCUT2D eigenvalue weighted by atomic mass is 10.1. The summed E-state index contributed by atoms with van der Waals surface area (Å²) in [6, 6.07) is 0.661. The molecule has 1 aromatic heterocycles. The van der Waals surface area contributed by atoms with Gasteiger partial charge in [0.25, 0.3) is 6.01 Å². The molecule has 2 aliphatic rings. The molecular weight excluding hydrogens is 298 g/mol. The monoisotopic (exact) mass is 318 g/mol. The first-order valence-electron chi connectivity index (χ1n) is 7.39. The summed E-state index contributed by atoms with van der Waals surface area (Å²) in [6.45, 7) is 4.55. The van der Waals surface area contributed by atoms with Crippen LogP contribution in [0, 0.1) is 12.9 Å². The fraction of sp³-hybridized carbons (Fsp3) is 0.733. The van der Waals surface area contributed by atoms with E-state index in [1.165, 1.54) is 13.0 Å². The summed E-state index contributed by atoms with van der Waals surface area (Å²) in [6.07, 6.45) is -1.10. The van der Waals surface area contributed by atoms with E-state index < -0.39 is 37.0 Å². The largest absolute Gasteiger partial charge is 0.433 e. The van der Waals surface area contributed by atoms with Gasteiger partial charge in [0.1, 0.15) is 31.2 Å².